The molecule has 3 nitrogen and oxygen atoms in total. The Labute approximate surface area is 55.3 Å². The summed E-state index contributed by atoms with van der Waals surface area (Å²) in [6, 6.07) is 0. The summed E-state index contributed by atoms with van der Waals surface area (Å²) in [6.07, 6.45) is 0. The van der Waals surface area contributed by atoms with E-state index in [1.54, 1.807) is 0 Å². The quantitative estimate of drug-likeness (QED) is 0.353. The van der Waals surface area contributed by atoms with Gasteiger partial charge in [0.1, 0.15) is 0 Å². The van der Waals surface area contributed by atoms with E-state index >= 15 is 0 Å². The Hall–Kier alpha value is 0.438. The molecule has 0 aliphatic rings. The molecule has 0 N–H and O–H groups in total. The maximum atomic E-state index is 8.25. The molecular weight excluding hydrogens is 159 g/mol. The molecule has 44 valence electrons. The Kier molecular flexibility index (Phi) is 3690. The molecule has 0 aliphatic carbocycles. The second kappa shape index (κ2) is 991. The van der Waals surface area contributed by atoms with Crippen LogP contribution in [0.3, 0.4) is 0 Å². The minimum Gasteiger partial charge on any atom is -0.857 e. The molecule has 7 heavy (non-hydrogen) atoms. The number of hydrogen-bond donors (Lipinski definition) is 0. The van der Waals surface area contributed by atoms with E-state index in [9.17, 15) is 0 Å². The fourth-order valence-electron chi connectivity index (χ4n) is 0. The Morgan fingerprint density at radius 1 is 0.571 bits per heavy atom. The minimum atomic E-state index is 0. The van der Waals surface area contributed by atoms with Crippen LogP contribution in [0.2, 0.25) is 0 Å². The molecule has 0 aromatic carbocycles. The molecule has 0 spiro atoms. The molecule has 0 rings (SSSR count). The van der Waals surface area contributed by atoms with E-state index in [2.05, 4.69) is 0 Å². The molecule has 4 heteroatoms. The van der Waals surface area contributed by atoms with Crippen molar-refractivity contribution >= 4 is 18.0 Å². The Balaban J connectivity index is -0.00000000900. The third-order valence-electron chi connectivity index (χ3n) is 0. The average molecular weight is 168 g/mol. The van der Waals surface area contributed by atoms with Crippen molar-refractivity contribution in [2.45, 2.75) is 0 Å². The molecule has 0 atom stereocenters. The zero-order valence-electron chi connectivity index (χ0n) is 4.67. The van der Waals surface area contributed by atoms with Crippen molar-refractivity contribution in [3.05, 3.63) is 0 Å². The molecule has 2 radical (unpaired) electrons. The summed E-state index contributed by atoms with van der Waals surface area (Å²) in [5, 5.41) is 24.8. The summed E-state index contributed by atoms with van der Waals surface area (Å²) in [4.78, 5) is 0. The molecule has 0 aromatic rings. The van der Waals surface area contributed by atoms with Crippen molar-refractivity contribution in [2.24, 2.45) is 0 Å². The number of hydrogen-bond acceptors (Lipinski definition) is 3. The first-order valence-electron chi connectivity index (χ1n) is 1.22. The first-order chi connectivity index (χ1) is 3.00. The first-order valence-corrected chi connectivity index (χ1v) is 1.22. The van der Waals surface area contributed by atoms with Crippen LogP contribution in [0.4, 0.5) is 0 Å². The molecule has 0 amide bonds. The van der Waals surface area contributed by atoms with Crippen molar-refractivity contribution in [2.75, 3.05) is 21.3 Å². The van der Waals surface area contributed by atoms with E-state index in [1.807, 2.05) is 0 Å². The van der Waals surface area contributed by atoms with Crippen LogP contribution in [0.1, 0.15) is 0 Å². The normalized spacial score (nSPS) is 2.57. The smallest absolute Gasteiger partial charge is 0.857 e. The van der Waals surface area contributed by atoms with Crippen LogP contribution in [0.25, 0.3) is 0 Å². The standard InChI is InChI=1S/3CH3O.As/c3*1-2;/h3*1H3;/q3*-1;+3. The fourth-order valence-corrected chi connectivity index (χ4v) is 0. The Morgan fingerprint density at radius 3 is 0.571 bits per heavy atom. The summed E-state index contributed by atoms with van der Waals surface area (Å²) >= 11 is 0. The van der Waals surface area contributed by atoms with Crippen molar-refractivity contribution in [3.63, 3.8) is 0 Å². The van der Waals surface area contributed by atoms with Gasteiger partial charge in [0.2, 0.25) is 0 Å². The van der Waals surface area contributed by atoms with Crippen molar-refractivity contribution in [1.29, 1.82) is 0 Å². The molecule has 0 aliphatic heterocycles. The summed E-state index contributed by atoms with van der Waals surface area (Å²) in [5.41, 5.74) is 0. The SMILES string of the molecule is C[O-].C[O-].C[O-].[As+3]. The zero-order chi connectivity index (χ0) is 6.00. The molecule has 0 bridgehead atoms. The molecule has 0 aromatic heterocycles. The second-order valence-electron chi connectivity index (χ2n) is 0. The molecule has 0 fully saturated rings. The maximum Gasteiger partial charge on any atom is 3.00 e. The van der Waals surface area contributed by atoms with Crippen LogP contribution in [0.15, 0.2) is 0 Å². The molecule has 0 unspecified atom stereocenters. The third-order valence-corrected chi connectivity index (χ3v) is 0. The Morgan fingerprint density at radius 2 is 0.571 bits per heavy atom. The summed E-state index contributed by atoms with van der Waals surface area (Å²) in [6.45, 7) is 0. The van der Waals surface area contributed by atoms with Crippen LogP contribution < -0.4 is 15.3 Å². The van der Waals surface area contributed by atoms with Gasteiger partial charge in [0, 0.05) is 0 Å². The molecular formula is C3H9AsO3. The van der Waals surface area contributed by atoms with Crippen LogP contribution in [-0.2, 0) is 0 Å². The van der Waals surface area contributed by atoms with Crippen molar-refractivity contribution in [3.8, 4) is 0 Å². The first kappa shape index (κ1) is 26.1. The van der Waals surface area contributed by atoms with Gasteiger partial charge in [0.05, 0.1) is 0 Å². The van der Waals surface area contributed by atoms with E-state index in [0.29, 0.717) is 0 Å². The van der Waals surface area contributed by atoms with Crippen LogP contribution >= 0.6 is 0 Å². The predicted molar refractivity (Wildman–Crippen MR) is 23.5 cm³/mol. The van der Waals surface area contributed by atoms with E-state index in [4.69, 9.17) is 15.3 Å². The van der Waals surface area contributed by atoms with Gasteiger partial charge in [-0.15, -0.1) is 0 Å². The van der Waals surface area contributed by atoms with Gasteiger partial charge in [-0.25, -0.2) is 0 Å². The van der Waals surface area contributed by atoms with E-state index < -0.39 is 0 Å². The topological polar surface area (TPSA) is 69.2 Å². The van der Waals surface area contributed by atoms with Gasteiger partial charge in [0.25, 0.3) is 0 Å². The van der Waals surface area contributed by atoms with Gasteiger partial charge >= 0.3 is 18.0 Å². The third kappa shape index (κ3) is 660. The van der Waals surface area contributed by atoms with Gasteiger partial charge in [-0.05, 0) is 0 Å². The molecule has 0 saturated heterocycles. The van der Waals surface area contributed by atoms with Gasteiger partial charge in [-0.1, -0.05) is 0 Å². The minimum absolute atomic E-state index is 0. The van der Waals surface area contributed by atoms with E-state index in [1.165, 1.54) is 0 Å². The average Bonchev–Trinajstić information content (AvgIpc) is 1.81. The van der Waals surface area contributed by atoms with Crippen LogP contribution in [0.5, 0.6) is 0 Å². The van der Waals surface area contributed by atoms with Gasteiger partial charge in [0.15, 0.2) is 0 Å². The predicted octanol–water partition coefficient (Wildman–Crippen LogP) is -3.45. The summed E-state index contributed by atoms with van der Waals surface area (Å²) < 4.78 is 0. The fraction of sp³-hybridized carbons (Fsp3) is 1.00. The molecule has 0 heterocycles. The summed E-state index contributed by atoms with van der Waals surface area (Å²) in [5.74, 6) is 0. The monoisotopic (exact) mass is 168 g/mol. The zero-order valence-corrected chi connectivity index (χ0v) is 6.55. The summed E-state index contributed by atoms with van der Waals surface area (Å²) in [7, 11) is 2.25. The maximum absolute atomic E-state index is 8.25. The molecule has 0 saturated carbocycles. The van der Waals surface area contributed by atoms with E-state index in [0.717, 1.165) is 21.3 Å². The van der Waals surface area contributed by atoms with Crippen LogP contribution in [-0.4, -0.2) is 39.3 Å². The van der Waals surface area contributed by atoms with Crippen molar-refractivity contribution in [1.82, 2.24) is 0 Å². The Bertz CT molecular complexity index is 10.1. The van der Waals surface area contributed by atoms with Gasteiger partial charge in [-0.2, -0.15) is 21.3 Å². The van der Waals surface area contributed by atoms with Gasteiger partial charge in [-0.3, -0.25) is 0 Å². The second-order valence-corrected chi connectivity index (χ2v) is 0. The number of rotatable bonds is 0. The van der Waals surface area contributed by atoms with Crippen LogP contribution in [0, 0.1) is 0 Å². The van der Waals surface area contributed by atoms with Gasteiger partial charge < -0.3 is 15.3 Å². The van der Waals surface area contributed by atoms with E-state index in [-0.39, 0.29) is 18.0 Å². The largest absolute Gasteiger partial charge is 3.00 e. The van der Waals surface area contributed by atoms with Crippen molar-refractivity contribution < 1.29 is 15.3 Å².